The van der Waals surface area contributed by atoms with Gasteiger partial charge in [0.2, 0.25) is 0 Å². The number of rotatable bonds is 3. The molecule has 2 atom stereocenters. The van der Waals surface area contributed by atoms with Crippen molar-refractivity contribution in [2.24, 2.45) is 5.41 Å². The molecule has 0 saturated carbocycles. The normalized spacial score (nSPS) is 35.3. The van der Waals surface area contributed by atoms with Crippen LogP contribution in [0.3, 0.4) is 0 Å². The van der Waals surface area contributed by atoms with Gasteiger partial charge >= 0.3 is 0 Å². The average Bonchev–Trinajstić information content (AvgIpc) is 2.56. The maximum absolute atomic E-state index is 3.51. The van der Waals surface area contributed by atoms with Gasteiger partial charge in [-0.25, -0.2) is 0 Å². The van der Waals surface area contributed by atoms with Gasteiger partial charge in [0, 0.05) is 24.9 Å². The third kappa shape index (κ3) is 4.62. The van der Waals surface area contributed by atoms with Crippen molar-refractivity contribution in [1.82, 2.24) is 10.2 Å². The van der Waals surface area contributed by atoms with E-state index >= 15 is 0 Å². The summed E-state index contributed by atoms with van der Waals surface area (Å²) in [5.41, 5.74) is 0.535. The van der Waals surface area contributed by atoms with E-state index in [1.165, 1.54) is 58.4 Å². The molecule has 0 spiro atoms. The molecule has 4 heteroatoms. The number of likely N-dealkylation sites (tertiary alicyclic amines) is 1. The molecular formula is C13H27ClN2S. The number of hydrogen-bond acceptors (Lipinski definition) is 3. The Morgan fingerprint density at radius 3 is 2.88 bits per heavy atom. The van der Waals surface area contributed by atoms with E-state index in [1.54, 1.807) is 0 Å². The first kappa shape index (κ1) is 15.6. The molecule has 2 nitrogen and oxygen atoms in total. The van der Waals surface area contributed by atoms with Crippen LogP contribution in [0.1, 0.15) is 32.6 Å². The van der Waals surface area contributed by atoms with Crippen LogP contribution < -0.4 is 5.32 Å². The molecule has 102 valence electrons. The van der Waals surface area contributed by atoms with E-state index in [-0.39, 0.29) is 12.4 Å². The second-order valence-electron chi connectivity index (χ2n) is 5.83. The second kappa shape index (κ2) is 7.22. The Morgan fingerprint density at radius 1 is 1.41 bits per heavy atom. The molecule has 0 radical (unpaired) electrons. The van der Waals surface area contributed by atoms with Crippen LogP contribution in [-0.4, -0.2) is 49.1 Å². The minimum atomic E-state index is 0. The Balaban J connectivity index is 0.00000144. The van der Waals surface area contributed by atoms with Gasteiger partial charge in [-0.15, -0.1) is 12.4 Å². The van der Waals surface area contributed by atoms with Crippen molar-refractivity contribution in [3.8, 4) is 0 Å². The van der Waals surface area contributed by atoms with Crippen LogP contribution >= 0.6 is 24.2 Å². The summed E-state index contributed by atoms with van der Waals surface area (Å²) in [4.78, 5) is 2.72. The Bertz CT molecular complexity index is 219. The maximum Gasteiger partial charge on any atom is 0.0172 e. The van der Waals surface area contributed by atoms with Gasteiger partial charge in [-0.05, 0) is 44.0 Å². The van der Waals surface area contributed by atoms with Crippen LogP contribution in [0, 0.1) is 5.41 Å². The molecule has 0 bridgehead atoms. The van der Waals surface area contributed by atoms with Gasteiger partial charge in [0.05, 0.1) is 0 Å². The summed E-state index contributed by atoms with van der Waals surface area (Å²) >= 11 is 2.06. The van der Waals surface area contributed by atoms with E-state index in [1.807, 2.05) is 0 Å². The van der Waals surface area contributed by atoms with Crippen molar-refractivity contribution in [1.29, 1.82) is 0 Å². The largest absolute Gasteiger partial charge is 0.316 e. The Morgan fingerprint density at radius 2 is 2.24 bits per heavy atom. The van der Waals surface area contributed by atoms with Crippen LogP contribution in [-0.2, 0) is 0 Å². The fraction of sp³-hybridized carbons (Fsp3) is 1.00. The highest BCUT2D eigenvalue weighted by Gasteiger charge is 2.31. The van der Waals surface area contributed by atoms with E-state index in [0.717, 1.165) is 5.25 Å². The smallest absolute Gasteiger partial charge is 0.0172 e. The standard InChI is InChI=1S/C13H26N2S.ClH/c1-13(6-7-14-10-13)11-15-8-4-3-5-12(9-15)16-2;/h12,14H,3-11H2,1-2H3;1H. The van der Waals surface area contributed by atoms with Crippen molar-refractivity contribution in [3.05, 3.63) is 0 Å². The predicted molar refractivity (Wildman–Crippen MR) is 80.4 cm³/mol. The summed E-state index contributed by atoms with van der Waals surface area (Å²) in [5, 5.41) is 4.39. The Kier molecular flexibility index (Phi) is 6.64. The molecule has 2 unspecified atom stereocenters. The first-order valence-electron chi connectivity index (χ1n) is 6.68. The van der Waals surface area contributed by atoms with Crippen molar-refractivity contribution in [2.45, 2.75) is 37.9 Å². The molecule has 2 heterocycles. The van der Waals surface area contributed by atoms with E-state index in [2.05, 4.69) is 35.2 Å². The summed E-state index contributed by atoms with van der Waals surface area (Å²) in [6.45, 7) is 8.83. The summed E-state index contributed by atoms with van der Waals surface area (Å²) in [6, 6.07) is 0. The molecule has 2 aliphatic heterocycles. The highest BCUT2D eigenvalue weighted by atomic mass is 35.5. The van der Waals surface area contributed by atoms with Crippen LogP contribution in [0.5, 0.6) is 0 Å². The van der Waals surface area contributed by atoms with E-state index < -0.39 is 0 Å². The Hall–Kier alpha value is 0.560. The monoisotopic (exact) mass is 278 g/mol. The topological polar surface area (TPSA) is 15.3 Å². The predicted octanol–water partition coefficient (Wildman–Crippen LogP) is 2.63. The number of halogens is 1. The van der Waals surface area contributed by atoms with Crippen molar-refractivity contribution >= 4 is 24.2 Å². The van der Waals surface area contributed by atoms with Crippen LogP contribution in [0.2, 0.25) is 0 Å². The van der Waals surface area contributed by atoms with Crippen LogP contribution in [0.25, 0.3) is 0 Å². The number of thioether (sulfide) groups is 1. The van der Waals surface area contributed by atoms with Crippen molar-refractivity contribution in [2.75, 3.05) is 39.0 Å². The minimum absolute atomic E-state index is 0. The van der Waals surface area contributed by atoms with Gasteiger partial charge in [-0.1, -0.05) is 13.3 Å². The average molecular weight is 279 g/mol. The van der Waals surface area contributed by atoms with Gasteiger partial charge in [-0.3, -0.25) is 0 Å². The molecule has 1 N–H and O–H groups in total. The number of nitrogens with zero attached hydrogens (tertiary/aromatic N) is 1. The quantitative estimate of drug-likeness (QED) is 0.854. The van der Waals surface area contributed by atoms with Crippen LogP contribution in [0.4, 0.5) is 0 Å². The fourth-order valence-electron chi connectivity index (χ4n) is 3.06. The molecule has 17 heavy (non-hydrogen) atoms. The van der Waals surface area contributed by atoms with Crippen molar-refractivity contribution in [3.63, 3.8) is 0 Å². The first-order valence-corrected chi connectivity index (χ1v) is 7.96. The first-order chi connectivity index (χ1) is 7.72. The SMILES string of the molecule is CSC1CCCCN(CC2(C)CCNC2)C1.Cl. The number of nitrogens with one attached hydrogen (secondary N) is 1. The Labute approximate surface area is 117 Å². The molecule has 2 saturated heterocycles. The van der Waals surface area contributed by atoms with E-state index in [9.17, 15) is 0 Å². The lowest BCUT2D eigenvalue weighted by molar-refractivity contribution is 0.184. The van der Waals surface area contributed by atoms with Gasteiger partial charge < -0.3 is 10.2 Å². The highest BCUT2D eigenvalue weighted by molar-refractivity contribution is 7.99. The fourth-order valence-corrected chi connectivity index (χ4v) is 3.82. The lowest BCUT2D eigenvalue weighted by Crippen LogP contribution is -2.40. The molecule has 2 fully saturated rings. The molecule has 0 aliphatic carbocycles. The van der Waals surface area contributed by atoms with Gasteiger partial charge in [-0.2, -0.15) is 11.8 Å². The minimum Gasteiger partial charge on any atom is -0.316 e. The van der Waals surface area contributed by atoms with E-state index in [4.69, 9.17) is 0 Å². The van der Waals surface area contributed by atoms with Crippen LogP contribution in [0.15, 0.2) is 0 Å². The summed E-state index contributed by atoms with van der Waals surface area (Å²) in [7, 11) is 0. The lowest BCUT2D eigenvalue weighted by atomic mass is 9.89. The van der Waals surface area contributed by atoms with E-state index in [0.29, 0.717) is 5.41 Å². The zero-order chi connectivity index (χ0) is 11.4. The molecule has 0 aromatic carbocycles. The summed E-state index contributed by atoms with van der Waals surface area (Å²) in [5.74, 6) is 0. The number of hydrogen-bond donors (Lipinski definition) is 1. The zero-order valence-corrected chi connectivity index (χ0v) is 12.8. The summed E-state index contributed by atoms with van der Waals surface area (Å²) < 4.78 is 0. The molecule has 0 aromatic rings. The zero-order valence-electron chi connectivity index (χ0n) is 11.2. The molecule has 0 amide bonds. The molecular weight excluding hydrogens is 252 g/mol. The molecule has 0 aromatic heterocycles. The summed E-state index contributed by atoms with van der Waals surface area (Å²) in [6.07, 6.45) is 7.88. The molecule has 2 rings (SSSR count). The third-order valence-corrected chi connectivity index (χ3v) is 5.16. The highest BCUT2D eigenvalue weighted by Crippen LogP contribution is 2.28. The maximum atomic E-state index is 3.51. The molecule has 2 aliphatic rings. The van der Waals surface area contributed by atoms with Gasteiger partial charge in [0.15, 0.2) is 0 Å². The van der Waals surface area contributed by atoms with Gasteiger partial charge in [0.25, 0.3) is 0 Å². The van der Waals surface area contributed by atoms with Crippen molar-refractivity contribution < 1.29 is 0 Å². The second-order valence-corrected chi connectivity index (χ2v) is 6.96. The lowest BCUT2D eigenvalue weighted by Gasteiger charge is -2.32. The van der Waals surface area contributed by atoms with Gasteiger partial charge in [0.1, 0.15) is 0 Å². The third-order valence-electron chi connectivity index (χ3n) is 4.11.